The molecule has 0 radical (unpaired) electrons. The first-order chi connectivity index (χ1) is 11.3. The fourth-order valence-corrected chi connectivity index (χ4v) is 3.36. The van der Waals surface area contributed by atoms with Gasteiger partial charge in [0, 0.05) is 26.6 Å². The molecular formula is C20H23NO2. The number of rotatable bonds is 5. The lowest BCUT2D eigenvalue weighted by Gasteiger charge is -2.39. The molecule has 1 saturated heterocycles. The van der Waals surface area contributed by atoms with Crippen LogP contribution in [-0.4, -0.2) is 30.6 Å². The first-order valence-corrected chi connectivity index (χ1v) is 8.15. The molecule has 3 rings (SSSR count). The lowest BCUT2D eigenvalue weighted by molar-refractivity contribution is -0.146. The third-order valence-electron chi connectivity index (χ3n) is 4.53. The zero-order valence-corrected chi connectivity index (χ0v) is 13.5. The van der Waals surface area contributed by atoms with E-state index in [-0.39, 0.29) is 12.1 Å². The molecular weight excluding hydrogens is 286 g/mol. The minimum Gasteiger partial charge on any atom is -0.366 e. The first-order valence-electron chi connectivity index (χ1n) is 8.15. The highest BCUT2D eigenvalue weighted by atomic mass is 16.5. The highest BCUT2D eigenvalue weighted by Crippen LogP contribution is 2.26. The van der Waals surface area contributed by atoms with Crippen molar-refractivity contribution < 1.29 is 9.53 Å². The molecule has 1 aliphatic heterocycles. The Balaban J connectivity index is 1.76. The van der Waals surface area contributed by atoms with Gasteiger partial charge in [0.25, 0.3) is 0 Å². The maximum absolute atomic E-state index is 12.5. The molecule has 0 N–H and O–H groups in total. The Morgan fingerprint density at radius 2 is 1.61 bits per heavy atom. The van der Waals surface area contributed by atoms with Gasteiger partial charge in [-0.05, 0) is 17.5 Å². The molecule has 2 aromatic carbocycles. The number of piperidine rings is 1. The molecule has 0 bridgehead atoms. The molecule has 0 aliphatic carbocycles. The topological polar surface area (TPSA) is 29.5 Å². The minimum atomic E-state index is -0.156. The zero-order valence-electron chi connectivity index (χ0n) is 13.5. The van der Waals surface area contributed by atoms with E-state index in [9.17, 15) is 4.79 Å². The van der Waals surface area contributed by atoms with Gasteiger partial charge in [0.1, 0.15) is 12.0 Å². The highest BCUT2D eigenvalue weighted by Gasteiger charge is 2.37. The van der Waals surface area contributed by atoms with E-state index < -0.39 is 0 Å². The van der Waals surface area contributed by atoms with Crippen molar-refractivity contribution in [3.8, 4) is 0 Å². The van der Waals surface area contributed by atoms with Gasteiger partial charge in [-0.25, -0.2) is 0 Å². The average Bonchev–Trinajstić information content (AvgIpc) is 2.60. The summed E-state index contributed by atoms with van der Waals surface area (Å²) >= 11 is 0. The Labute approximate surface area is 137 Å². The minimum absolute atomic E-state index is 0.0973. The third kappa shape index (κ3) is 3.87. The standard InChI is InChI=1S/C20H23NO2/c1-23-20-18(14-16-8-4-2-5-9-16)19(22)12-13-21(20)15-17-10-6-3-7-11-17/h2-11,18,20H,12-15H2,1H3. The number of methoxy groups -OCH3 is 1. The van der Waals surface area contributed by atoms with Crippen molar-refractivity contribution in [1.82, 2.24) is 4.90 Å². The van der Waals surface area contributed by atoms with E-state index in [1.807, 2.05) is 36.4 Å². The van der Waals surface area contributed by atoms with Crippen LogP contribution in [-0.2, 0) is 22.5 Å². The molecule has 2 atom stereocenters. The number of benzene rings is 2. The third-order valence-corrected chi connectivity index (χ3v) is 4.53. The van der Waals surface area contributed by atoms with Crippen molar-refractivity contribution in [2.45, 2.75) is 25.6 Å². The second-order valence-electron chi connectivity index (χ2n) is 6.09. The Morgan fingerprint density at radius 1 is 1.00 bits per heavy atom. The SMILES string of the molecule is COC1C(Cc2ccccc2)C(=O)CCN1Cc1ccccc1. The molecule has 2 aromatic rings. The smallest absolute Gasteiger partial charge is 0.141 e. The van der Waals surface area contributed by atoms with Gasteiger partial charge < -0.3 is 4.74 Å². The summed E-state index contributed by atoms with van der Waals surface area (Å²) in [5, 5.41) is 0. The highest BCUT2D eigenvalue weighted by molar-refractivity contribution is 5.82. The predicted octanol–water partition coefficient (Wildman–Crippen LogP) is 3.29. The molecule has 3 nitrogen and oxygen atoms in total. The molecule has 3 heteroatoms. The largest absolute Gasteiger partial charge is 0.366 e. The van der Waals surface area contributed by atoms with Crippen LogP contribution in [0.1, 0.15) is 17.5 Å². The second kappa shape index (κ2) is 7.53. The molecule has 120 valence electrons. The Morgan fingerprint density at radius 3 is 2.22 bits per heavy atom. The first kappa shape index (κ1) is 15.9. The number of Topliss-reactive ketones (excluding diaryl/α,β-unsaturated/α-hetero) is 1. The number of nitrogens with zero attached hydrogens (tertiary/aromatic N) is 1. The number of carbonyl (C=O) groups excluding carboxylic acids is 1. The Bertz CT molecular complexity index is 627. The van der Waals surface area contributed by atoms with Crippen LogP contribution < -0.4 is 0 Å². The van der Waals surface area contributed by atoms with E-state index in [1.54, 1.807) is 7.11 Å². The number of hydrogen-bond donors (Lipinski definition) is 0. The van der Waals surface area contributed by atoms with Crippen LogP contribution in [0, 0.1) is 5.92 Å². The van der Waals surface area contributed by atoms with Crippen molar-refractivity contribution in [1.29, 1.82) is 0 Å². The number of hydrogen-bond acceptors (Lipinski definition) is 3. The average molecular weight is 309 g/mol. The van der Waals surface area contributed by atoms with Gasteiger partial charge in [-0.2, -0.15) is 0 Å². The van der Waals surface area contributed by atoms with Crippen molar-refractivity contribution in [2.24, 2.45) is 5.92 Å². The maximum atomic E-state index is 12.5. The molecule has 1 aliphatic rings. The Hall–Kier alpha value is -1.97. The zero-order chi connectivity index (χ0) is 16.1. The summed E-state index contributed by atoms with van der Waals surface area (Å²) in [6, 6.07) is 20.6. The van der Waals surface area contributed by atoms with Gasteiger partial charge in [0.2, 0.25) is 0 Å². The van der Waals surface area contributed by atoms with E-state index in [0.29, 0.717) is 12.2 Å². The normalized spacial score (nSPS) is 22.2. The van der Waals surface area contributed by atoms with Gasteiger partial charge >= 0.3 is 0 Å². The molecule has 0 aromatic heterocycles. The van der Waals surface area contributed by atoms with E-state index in [4.69, 9.17) is 4.74 Å². The van der Waals surface area contributed by atoms with Crippen molar-refractivity contribution in [3.05, 3.63) is 71.8 Å². The molecule has 0 amide bonds. The monoisotopic (exact) mass is 309 g/mol. The molecule has 2 unspecified atom stereocenters. The van der Waals surface area contributed by atoms with Crippen LogP contribution in [0.3, 0.4) is 0 Å². The summed E-state index contributed by atoms with van der Waals surface area (Å²) < 4.78 is 5.74. The van der Waals surface area contributed by atoms with Gasteiger partial charge in [0.05, 0.1) is 5.92 Å². The molecule has 23 heavy (non-hydrogen) atoms. The van der Waals surface area contributed by atoms with Gasteiger partial charge in [0.15, 0.2) is 0 Å². The van der Waals surface area contributed by atoms with Gasteiger partial charge in [-0.15, -0.1) is 0 Å². The summed E-state index contributed by atoms with van der Waals surface area (Å²) in [5.74, 6) is 0.213. The molecule has 1 fully saturated rings. The molecule has 0 saturated carbocycles. The predicted molar refractivity (Wildman–Crippen MR) is 90.9 cm³/mol. The van der Waals surface area contributed by atoms with E-state index in [1.165, 1.54) is 11.1 Å². The van der Waals surface area contributed by atoms with Crippen molar-refractivity contribution >= 4 is 5.78 Å². The van der Waals surface area contributed by atoms with Crippen molar-refractivity contribution in [2.75, 3.05) is 13.7 Å². The van der Waals surface area contributed by atoms with Crippen LogP contribution in [0.4, 0.5) is 0 Å². The van der Waals surface area contributed by atoms with Crippen LogP contribution in [0.2, 0.25) is 0 Å². The van der Waals surface area contributed by atoms with Crippen LogP contribution >= 0.6 is 0 Å². The lowest BCUT2D eigenvalue weighted by atomic mass is 9.88. The van der Waals surface area contributed by atoms with Gasteiger partial charge in [-0.3, -0.25) is 9.69 Å². The second-order valence-corrected chi connectivity index (χ2v) is 6.09. The van der Waals surface area contributed by atoms with Crippen LogP contribution in [0.15, 0.2) is 60.7 Å². The van der Waals surface area contributed by atoms with E-state index >= 15 is 0 Å². The summed E-state index contributed by atoms with van der Waals surface area (Å²) in [4.78, 5) is 14.7. The summed E-state index contributed by atoms with van der Waals surface area (Å²) in [5.41, 5.74) is 2.44. The van der Waals surface area contributed by atoms with E-state index in [2.05, 4.69) is 29.2 Å². The number of ketones is 1. The quantitative estimate of drug-likeness (QED) is 0.849. The summed E-state index contributed by atoms with van der Waals surface area (Å²) in [7, 11) is 1.71. The number of likely N-dealkylation sites (tertiary alicyclic amines) is 1. The van der Waals surface area contributed by atoms with E-state index in [0.717, 1.165) is 19.5 Å². The van der Waals surface area contributed by atoms with Crippen LogP contribution in [0.5, 0.6) is 0 Å². The summed E-state index contributed by atoms with van der Waals surface area (Å²) in [6.07, 6.45) is 1.19. The molecule has 0 spiro atoms. The summed E-state index contributed by atoms with van der Waals surface area (Å²) in [6.45, 7) is 1.58. The number of carbonyl (C=O) groups is 1. The lowest BCUT2D eigenvalue weighted by Crippen LogP contribution is -2.50. The number of ether oxygens (including phenoxy) is 1. The van der Waals surface area contributed by atoms with Crippen LogP contribution in [0.25, 0.3) is 0 Å². The maximum Gasteiger partial charge on any atom is 0.141 e. The van der Waals surface area contributed by atoms with Gasteiger partial charge in [-0.1, -0.05) is 60.7 Å². The fourth-order valence-electron chi connectivity index (χ4n) is 3.36. The molecule has 1 heterocycles. The Kier molecular flexibility index (Phi) is 5.21. The fraction of sp³-hybridized carbons (Fsp3) is 0.350. The van der Waals surface area contributed by atoms with Crippen molar-refractivity contribution in [3.63, 3.8) is 0 Å².